The summed E-state index contributed by atoms with van der Waals surface area (Å²) in [5.41, 5.74) is 5.94. The van der Waals surface area contributed by atoms with E-state index >= 15 is 0 Å². The van der Waals surface area contributed by atoms with Crippen LogP contribution < -0.4 is 15.5 Å². The van der Waals surface area contributed by atoms with Gasteiger partial charge in [-0.25, -0.2) is 8.42 Å². The lowest BCUT2D eigenvalue weighted by Crippen LogP contribution is -2.24. The molecule has 0 saturated heterocycles. The third-order valence-electron chi connectivity index (χ3n) is 3.90. The van der Waals surface area contributed by atoms with Crippen LogP contribution in [0.3, 0.4) is 0 Å². The van der Waals surface area contributed by atoms with Gasteiger partial charge in [0.05, 0.1) is 15.6 Å². The molecule has 1 heterocycles. The van der Waals surface area contributed by atoms with Crippen molar-refractivity contribution in [2.24, 2.45) is 5.10 Å². The highest BCUT2D eigenvalue weighted by Gasteiger charge is 2.14. The smallest absolute Gasteiger partial charge is 0.261 e. The number of nitrogens with one attached hydrogen (secondary N) is 3. The lowest BCUT2D eigenvalue weighted by atomic mass is 10.1. The topological polar surface area (TPSA) is 82.6 Å². The molecule has 0 spiro atoms. The number of sulfonamides is 1. The van der Waals surface area contributed by atoms with Crippen molar-refractivity contribution in [1.29, 1.82) is 0 Å². The van der Waals surface area contributed by atoms with Gasteiger partial charge < -0.3 is 5.32 Å². The molecule has 29 heavy (non-hydrogen) atoms. The van der Waals surface area contributed by atoms with E-state index in [-0.39, 0.29) is 4.90 Å². The first-order chi connectivity index (χ1) is 13.8. The Morgan fingerprint density at radius 1 is 1.07 bits per heavy atom. The maximum absolute atomic E-state index is 12.5. The summed E-state index contributed by atoms with van der Waals surface area (Å²) in [6, 6.07) is 17.3. The second kappa shape index (κ2) is 9.17. The van der Waals surface area contributed by atoms with Crippen LogP contribution in [-0.4, -0.2) is 19.2 Å². The first-order valence-electron chi connectivity index (χ1n) is 8.68. The summed E-state index contributed by atoms with van der Waals surface area (Å²) in [5.74, 6) is 0. The molecule has 9 heteroatoms. The summed E-state index contributed by atoms with van der Waals surface area (Å²) in [5, 5.41) is 10.7. The van der Waals surface area contributed by atoms with Gasteiger partial charge in [0.2, 0.25) is 0 Å². The van der Waals surface area contributed by atoms with Crippen molar-refractivity contribution in [3.63, 3.8) is 0 Å². The maximum Gasteiger partial charge on any atom is 0.261 e. The average molecular weight is 445 g/mol. The Kier molecular flexibility index (Phi) is 6.63. The SMILES string of the molecule is CC(=NNC(=S)Nc1cc(C)cs1)c1ccc(S(=O)(=O)Nc2ccccc2)cc1. The Morgan fingerprint density at radius 3 is 2.38 bits per heavy atom. The van der Waals surface area contributed by atoms with E-state index in [4.69, 9.17) is 12.2 Å². The number of thiophene rings is 1. The van der Waals surface area contributed by atoms with Crippen LogP contribution in [0.25, 0.3) is 0 Å². The number of para-hydroxylation sites is 1. The molecular weight excluding hydrogens is 424 g/mol. The van der Waals surface area contributed by atoms with E-state index in [1.165, 1.54) is 0 Å². The Bertz CT molecular complexity index is 1120. The van der Waals surface area contributed by atoms with Crippen molar-refractivity contribution in [3.05, 3.63) is 77.2 Å². The van der Waals surface area contributed by atoms with Crippen molar-refractivity contribution in [2.75, 3.05) is 10.0 Å². The van der Waals surface area contributed by atoms with Gasteiger partial charge in [0.25, 0.3) is 10.0 Å². The minimum Gasteiger partial charge on any atom is -0.323 e. The van der Waals surface area contributed by atoms with E-state index in [0.717, 1.165) is 16.1 Å². The monoisotopic (exact) mass is 444 g/mol. The third-order valence-corrected chi connectivity index (χ3v) is 6.45. The molecule has 0 amide bonds. The molecule has 0 saturated carbocycles. The summed E-state index contributed by atoms with van der Waals surface area (Å²) >= 11 is 6.80. The number of hydrogen-bond donors (Lipinski definition) is 3. The van der Waals surface area contributed by atoms with Crippen LogP contribution in [0.1, 0.15) is 18.1 Å². The molecule has 3 N–H and O–H groups in total. The van der Waals surface area contributed by atoms with Gasteiger partial charge in [-0.15, -0.1) is 11.3 Å². The minimum atomic E-state index is -3.65. The highest BCUT2D eigenvalue weighted by atomic mass is 32.2. The highest BCUT2D eigenvalue weighted by molar-refractivity contribution is 7.92. The molecule has 2 aromatic carbocycles. The van der Waals surface area contributed by atoms with Crippen molar-refractivity contribution < 1.29 is 8.42 Å². The standard InChI is InChI=1S/C20H20N4O2S3/c1-14-12-19(28-13-14)21-20(27)23-22-15(2)16-8-10-18(11-9-16)29(25,26)24-17-6-4-3-5-7-17/h3-13,24H,1-2H3,(H2,21,23,27). The molecule has 0 atom stereocenters. The van der Waals surface area contributed by atoms with Crippen LogP contribution in [0.15, 0.2) is 76.0 Å². The van der Waals surface area contributed by atoms with Gasteiger partial charge in [0, 0.05) is 5.69 Å². The summed E-state index contributed by atoms with van der Waals surface area (Å²) in [4.78, 5) is 0.177. The van der Waals surface area contributed by atoms with Crippen LogP contribution in [0.5, 0.6) is 0 Å². The molecular formula is C20H20N4O2S3. The lowest BCUT2D eigenvalue weighted by Gasteiger charge is -2.09. The first kappa shape index (κ1) is 21.0. The second-order valence-electron chi connectivity index (χ2n) is 6.25. The van der Waals surface area contributed by atoms with Gasteiger partial charge in [0.1, 0.15) is 0 Å². The van der Waals surface area contributed by atoms with Gasteiger partial charge in [0.15, 0.2) is 5.11 Å². The number of anilines is 2. The number of hydrazone groups is 1. The van der Waals surface area contributed by atoms with E-state index in [2.05, 4.69) is 20.6 Å². The van der Waals surface area contributed by atoms with Crippen LogP contribution in [0.2, 0.25) is 0 Å². The molecule has 0 aliphatic rings. The van der Waals surface area contributed by atoms with E-state index < -0.39 is 10.0 Å². The summed E-state index contributed by atoms with van der Waals surface area (Å²) < 4.78 is 27.5. The van der Waals surface area contributed by atoms with E-state index in [1.807, 2.05) is 31.4 Å². The van der Waals surface area contributed by atoms with Crippen LogP contribution in [-0.2, 0) is 10.0 Å². The third kappa shape index (κ3) is 5.86. The fourth-order valence-corrected chi connectivity index (χ4v) is 4.51. The van der Waals surface area contributed by atoms with Crippen molar-refractivity contribution in [2.45, 2.75) is 18.7 Å². The Morgan fingerprint density at radius 2 is 1.76 bits per heavy atom. The molecule has 1 aromatic heterocycles. The first-order valence-corrected chi connectivity index (χ1v) is 11.5. The number of rotatable bonds is 6. The fourth-order valence-electron chi connectivity index (χ4n) is 2.43. The lowest BCUT2D eigenvalue weighted by molar-refractivity contribution is 0.601. The number of benzene rings is 2. The second-order valence-corrected chi connectivity index (χ2v) is 9.25. The molecule has 0 aliphatic heterocycles. The Labute approximate surface area is 179 Å². The molecule has 0 radical (unpaired) electrons. The highest BCUT2D eigenvalue weighted by Crippen LogP contribution is 2.19. The predicted octanol–water partition coefficient (Wildman–Crippen LogP) is 4.57. The molecule has 3 aromatic rings. The van der Waals surface area contributed by atoms with Crippen molar-refractivity contribution in [1.82, 2.24) is 5.43 Å². The van der Waals surface area contributed by atoms with Crippen molar-refractivity contribution >= 4 is 55.1 Å². The molecule has 0 bridgehead atoms. The number of nitrogens with zero attached hydrogens (tertiary/aromatic N) is 1. The molecule has 0 aliphatic carbocycles. The van der Waals surface area contributed by atoms with Crippen molar-refractivity contribution in [3.8, 4) is 0 Å². The van der Waals surface area contributed by atoms with Gasteiger partial charge in [-0.3, -0.25) is 10.1 Å². The van der Waals surface area contributed by atoms with Gasteiger partial charge >= 0.3 is 0 Å². The zero-order chi connectivity index (χ0) is 20.9. The molecule has 3 rings (SSSR count). The molecule has 150 valence electrons. The minimum absolute atomic E-state index is 0.177. The predicted molar refractivity (Wildman–Crippen MR) is 124 cm³/mol. The van der Waals surface area contributed by atoms with Crippen LogP contribution in [0.4, 0.5) is 10.7 Å². The summed E-state index contributed by atoms with van der Waals surface area (Å²) in [6.45, 7) is 3.83. The largest absolute Gasteiger partial charge is 0.323 e. The average Bonchev–Trinajstić information content (AvgIpc) is 3.11. The number of aryl methyl sites for hydroxylation is 1. The Hall–Kier alpha value is -2.75. The number of hydrogen-bond acceptors (Lipinski definition) is 5. The van der Waals surface area contributed by atoms with Gasteiger partial charge in [-0.1, -0.05) is 30.3 Å². The number of thiocarbonyl (C=S) groups is 1. The quantitative estimate of drug-likeness (QED) is 0.295. The summed E-state index contributed by atoms with van der Waals surface area (Å²) in [6.07, 6.45) is 0. The zero-order valence-corrected chi connectivity index (χ0v) is 18.3. The Balaban J connectivity index is 1.64. The molecule has 0 fully saturated rings. The van der Waals surface area contributed by atoms with Crippen LogP contribution in [0, 0.1) is 6.92 Å². The van der Waals surface area contributed by atoms with Gasteiger partial charge in [-0.2, -0.15) is 5.10 Å². The van der Waals surface area contributed by atoms with Crippen LogP contribution >= 0.6 is 23.6 Å². The molecule has 0 unspecified atom stereocenters. The van der Waals surface area contributed by atoms with Gasteiger partial charge in [-0.05, 0) is 72.9 Å². The summed E-state index contributed by atoms with van der Waals surface area (Å²) in [7, 11) is -3.65. The van der Waals surface area contributed by atoms with E-state index in [9.17, 15) is 8.42 Å². The fraction of sp³-hybridized carbons (Fsp3) is 0.100. The molecule has 6 nitrogen and oxygen atoms in total. The maximum atomic E-state index is 12.5. The van der Waals surface area contributed by atoms with E-state index in [1.54, 1.807) is 59.9 Å². The normalized spacial score (nSPS) is 11.7. The zero-order valence-electron chi connectivity index (χ0n) is 15.8. The van der Waals surface area contributed by atoms with E-state index in [0.29, 0.717) is 16.5 Å².